The number of nitrogens with zero attached hydrogens (tertiary/aromatic N) is 1. The summed E-state index contributed by atoms with van der Waals surface area (Å²) in [5, 5.41) is 20.5. The number of urea groups is 1. The van der Waals surface area contributed by atoms with Gasteiger partial charge in [-0.3, -0.25) is 4.79 Å². The van der Waals surface area contributed by atoms with Gasteiger partial charge in [0.2, 0.25) is 5.91 Å². The highest BCUT2D eigenvalue weighted by Gasteiger charge is 2.38. The number of carboxylic acids is 1. The van der Waals surface area contributed by atoms with Gasteiger partial charge < -0.3 is 41.6 Å². The molecule has 258 valence electrons. The molecule has 0 aliphatic heterocycles. The van der Waals surface area contributed by atoms with Crippen LogP contribution in [0.3, 0.4) is 0 Å². The van der Waals surface area contributed by atoms with Gasteiger partial charge >= 0.3 is 18.2 Å². The van der Waals surface area contributed by atoms with E-state index < -0.39 is 18.2 Å². The molecule has 0 spiro atoms. The number of carbonyl (C=O) groups is 3. The van der Waals surface area contributed by atoms with Crippen LogP contribution in [0.5, 0.6) is 11.5 Å². The molecule has 3 amide bonds. The number of nitrogens with two attached hydrogens (primary N) is 1. The number of anilines is 3. The van der Waals surface area contributed by atoms with Crippen LogP contribution in [0.2, 0.25) is 0 Å². The van der Waals surface area contributed by atoms with Crippen molar-refractivity contribution in [1.82, 2.24) is 15.6 Å². The van der Waals surface area contributed by atoms with Gasteiger partial charge in [0.05, 0.1) is 12.7 Å². The summed E-state index contributed by atoms with van der Waals surface area (Å²) in [6.45, 7) is 6.50. The van der Waals surface area contributed by atoms with Crippen molar-refractivity contribution in [2.75, 3.05) is 30.0 Å². The number of hydrogen-bond acceptors (Lipinski definition) is 8. The number of fused-ring (bicyclic) bond motifs is 1. The number of carboxylic acid groups (broad SMARTS) is 1. The molecule has 15 heteroatoms. The highest BCUT2D eigenvalue weighted by molar-refractivity contribution is 5.94. The third-order valence-corrected chi connectivity index (χ3v) is 6.45. The SMILES string of the molecule is CCOc1cc(C(Nc2ccc3c(N)nccc3c2)C(=O)NCc2cccc(NC(=O)NC)c2)ccc1OC(C)C.O=C(O)C(F)(F)F.[HH]. The number of nitrogens with one attached hydrogen (secondary N) is 4. The van der Waals surface area contributed by atoms with Gasteiger partial charge in [-0.15, -0.1) is 0 Å². The lowest BCUT2D eigenvalue weighted by molar-refractivity contribution is -0.192. The number of aliphatic carboxylic acids is 1. The topological polar surface area (TPSA) is 177 Å². The van der Waals surface area contributed by atoms with Crippen molar-refractivity contribution in [2.45, 2.75) is 45.6 Å². The molecule has 4 aromatic rings. The molecule has 12 nitrogen and oxygen atoms in total. The second-order valence-electron chi connectivity index (χ2n) is 10.4. The van der Waals surface area contributed by atoms with E-state index in [0.717, 1.165) is 22.0 Å². The van der Waals surface area contributed by atoms with Crippen LogP contribution in [-0.4, -0.2) is 53.9 Å². The Morgan fingerprint density at radius 2 is 1.73 bits per heavy atom. The first-order chi connectivity index (χ1) is 22.7. The fraction of sp³-hybridized carbons (Fsp3) is 0.273. The number of aromatic nitrogens is 1. The minimum Gasteiger partial charge on any atom is -0.490 e. The molecule has 4 rings (SSSR count). The standard InChI is InChI=1S/C31H36N6O4.C2HF3O2.H2/c1-5-40-27-17-22(9-12-26(27)41-19(2)3)28(36-24-10-11-25-21(16-24)13-14-34-29(25)32)30(38)35-18-20-7-6-8-23(15-20)37-31(39)33-4;3-2(4,5)1(6)7;/h6-17,19,28,36H,5,18H2,1-4H3,(H2,32,34)(H,35,38)(H2,33,37,39);(H,6,7);1H. The number of benzene rings is 3. The number of carbonyl (C=O) groups excluding carboxylic acids is 2. The van der Waals surface area contributed by atoms with Crippen molar-refractivity contribution >= 4 is 45.9 Å². The molecular formula is C33H39F3N6O6. The van der Waals surface area contributed by atoms with Gasteiger partial charge in [-0.25, -0.2) is 14.6 Å². The number of alkyl halides is 3. The molecule has 0 radical (unpaired) electrons. The lowest BCUT2D eigenvalue weighted by Gasteiger charge is -2.22. The van der Waals surface area contributed by atoms with E-state index in [1.807, 2.05) is 81.4 Å². The zero-order valence-corrected chi connectivity index (χ0v) is 26.6. The molecule has 0 bridgehead atoms. The van der Waals surface area contributed by atoms with Crippen LogP contribution in [0.15, 0.2) is 72.9 Å². The van der Waals surface area contributed by atoms with E-state index in [9.17, 15) is 22.8 Å². The Kier molecular flexibility index (Phi) is 12.8. The van der Waals surface area contributed by atoms with Crippen molar-refractivity contribution in [1.29, 1.82) is 0 Å². The zero-order chi connectivity index (χ0) is 35.4. The van der Waals surface area contributed by atoms with E-state index >= 15 is 0 Å². The predicted molar refractivity (Wildman–Crippen MR) is 178 cm³/mol. The van der Waals surface area contributed by atoms with Crippen LogP contribution in [0, 0.1) is 0 Å². The van der Waals surface area contributed by atoms with Crippen molar-refractivity contribution in [3.05, 3.63) is 84.1 Å². The molecule has 3 aromatic carbocycles. The second-order valence-corrected chi connectivity index (χ2v) is 10.4. The summed E-state index contributed by atoms with van der Waals surface area (Å²) in [6.07, 6.45) is -3.47. The summed E-state index contributed by atoms with van der Waals surface area (Å²) in [4.78, 5) is 38.5. The molecule has 1 atom stereocenters. The first-order valence-corrected chi connectivity index (χ1v) is 14.7. The Morgan fingerprint density at radius 1 is 1.00 bits per heavy atom. The smallest absolute Gasteiger partial charge is 0.490 e. The molecular weight excluding hydrogens is 633 g/mol. The quantitative estimate of drug-likeness (QED) is 0.110. The van der Waals surface area contributed by atoms with E-state index in [4.69, 9.17) is 25.1 Å². The summed E-state index contributed by atoms with van der Waals surface area (Å²) in [5.74, 6) is -1.39. The summed E-state index contributed by atoms with van der Waals surface area (Å²) < 4.78 is 43.5. The molecule has 7 N–H and O–H groups in total. The summed E-state index contributed by atoms with van der Waals surface area (Å²) >= 11 is 0. The number of nitrogen functional groups attached to an aromatic ring is 1. The average Bonchev–Trinajstić information content (AvgIpc) is 3.03. The Labute approximate surface area is 276 Å². The lowest BCUT2D eigenvalue weighted by Crippen LogP contribution is -2.33. The maximum Gasteiger partial charge on any atom is 0.490 e. The lowest BCUT2D eigenvalue weighted by atomic mass is 10.0. The maximum atomic E-state index is 13.7. The number of rotatable bonds is 11. The molecule has 0 saturated carbocycles. The van der Waals surface area contributed by atoms with Crippen LogP contribution < -0.4 is 36.5 Å². The van der Waals surface area contributed by atoms with Gasteiger partial charge in [0.15, 0.2) is 11.5 Å². The first-order valence-electron chi connectivity index (χ1n) is 14.7. The van der Waals surface area contributed by atoms with Crippen LogP contribution >= 0.6 is 0 Å². The van der Waals surface area contributed by atoms with E-state index in [0.29, 0.717) is 35.2 Å². The predicted octanol–water partition coefficient (Wildman–Crippen LogP) is 6.10. The van der Waals surface area contributed by atoms with Gasteiger partial charge in [0, 0.05) is 38.0 Å². The largest absolute Gasteiger partial charge is 0.490 e. The number of ether oxygens (including phenoxy) is 2. The van der Waals surface area contributed by atoms with E-state index in [2.05, 4.69) is 26.3 Å². The minimum absolute atomic E-state index is 0. The Hall–Kier alpha value is -5.73. The van der Waals surface area contributed by atoms with Crippen molar-refractivity contribution in [2.24, 2.45) is 0 Å². The van der Waals surface area contributed by atoms with Gasteiger partial charge in [-0.2, -0.15) is 13.2 Å². The third kappa shape index (κ3) is 10.7. The molecule has 48 heavy (non-hydrogen) atoms. The fourth-order valence-corrected chi connectivity index (χ4v) is 4.33. The average molecular weight is 673 g/mol. The Balaban J connectivity index is 0.000000940. The van der Waals surface area contributed by atoms with E-state index in [-0.39, 0.29) is 26.0 Å². The fourth-order valence-electron chi connectivity index (χ4n) is 4.33. The third-order valence-electron chi connectivity index (χ3n) is 6.45. The summed E-state index contributed by atoms with van der Waals surface area (Å²) in [7, 11) is 1.55. The zero-order valence-electron chi connectivity index (χ0n) is 26.6. The maximum absolute atomic E-state index is 13.7. The van der Waals surface area contributed by atoms with Crippen molar-refractivity contribution in [3.8, 4) is 11.5 Å². The van der Waals surface area contributed by atoms with Crippen molar-refractivity contribution < 1.29 is 43.6 Å². The van der Waals surface area contributed by atoms with Crippen LogP contribution in [0.1, 0.15) is 39.4 Å². The number of halogens is 3. The number of amides is 3. The molecule has 1 heterocycles. The first kappa shape index (κ1) is 36.7. The number of pyridine rings is 1. The summed E-state index contributed by atoms with van der Waals surface area (Å²) in [5.41, 5.74) is 8.92. The Morgan fingerprint density at radius 3 is 2.38 bits per heavy atom. The highest BCUT2D eigenvalue weighted by atomic mass is 19.4. The minimum atomic E-state index is -5.08. The second kappa shape index (κ2) is 16.7. The van der Waals surface area contributed by atoms with Gasteiger partial charge in [-0.1, -0.05) is 18.2 Å². The normalized spacial score (nSPS) is 11.5. The van der Waals surface area contributed by atoms with Crippen LogP contribution in [0.4, 0.5) is 35.2 Å². The molecule has 1 aromatic heterocycles. The monoisotopic (exact) mass is 672 g/mol. The molecule has 0 aliphatic rings. The summed E-state index contributed by atoms with van der Waals surface area (Å²) in [6, 6.07) is 19.3. The van der Waals surface area contributed by atoms with Crippen LogP contribution in [-0.2, 0) is 16.1 Å². The van der Waals surface area contributed by atoms with Crippen LogP contribution in [0.25, 0.3) is 10.8 Å². The molecule has 0 aliphatic carbocycles. The van der Waals surface area contributed by atoms with Crippen molar-refractivity contribution in [3.63, 3.8) is 0 Å². The van der Waals surface area contributed by atoms with E-state index in [1.54, 1.807) is 19.3 Å². The highest BCUT2D eigenvalue weighted by Crippen LogP contribution is 2.33. The Bertz CT molecular complexity index is 1740. The number of hydrogen-bond donors (Lipinski definition) is 6. The van der Waals surface area contributed by atoms with Gasteiger partial charge in [0.1, 0.15) is 11.9 Å². The molecule has 1 unspecified atom stereocenters. The molecule has 0 fully saturated rings. The van der Waals surface area contributed by atoms with E-state index in [1.165, 1.54) is 0 Å². The van der Waals surface area contributed by atoms with Gasteiger partial charge in [0.25, 0.3) is 0 Å². The van der Waals surface area contributed by atoms with Gasteiger partial charge in [-0.05, 0) is 85.8 Å². The molecule has 0 saturated heterocycles.